The molecule has 1 aromatic rings. The molecule has 0 aliphatic heterocycles. The number of halogens is 1. The summed E-state index contributed by atoms with van der Waals surface area (Å²) in [7, 11) is 0. The molecule has 17 heavy (non-hydrogen) atoms. The van der Waals surface area contributed by atoms with Gasteiger partial charge in [-0.1, -0.05) is 6.07 Å². The lowest BCUT2D eigenvalue weighted by Crippen LogP contribution is -2.32. The molecule has 2 nitrogen and oxygen atoms in total. The van der Waals surface area contributed by atoms with Crippen LogP contribution in [-0.4, -0.2) is 11.3 Å². The fourth-order valence-electron chi connectivity index (χ4n) is 1.83. The Morgan fingerprint density at radius 1 is 1.35 bits per heavy atom. The Hall–Kier alpha value is -1.22. The number of hydrogen-bond acceptors (Lipinski definition) is 2. The molecule has 0 aromatic heterocycles. The van der Waals surface area contributed by atoms with Gasteiger partial charge in [0.15, 0.2) is 5.78 Å². The van der Waals surface area contributed by atoms with E-state index in [1.54, 1.807) is 6.92 Å². The van der Waals surface area contributed by atoms with Crippen molar-refractivity contribution >= 4 is 5.78 Å². The number of carbonyl (C=O) groups excluding carboxylic acids is 1. The number of Topliss-reactive ketones (excluding diaryl/α,β-unsaturated/α-hetero) is 1. The third-order valence-corrected chi connectivity index (χ3v) is 2.71. The first-order valence-electron chi connectivity index (χ1n) is 5.79. The Morgan fingerprint density at radius 2 is 1.94 bits per heavy atom. The molecule has 1 aromatic carbocycles. The third kappa shape index (κ3) is 3.93. The van der Waals surface area contributed by atoms with Gasteiger partial charge in [0.1, 0.15) is 5.82 Å². The van der Waals surface area contributed by atoms with Crippen LogP contribution >= 0.6 is 0 Å². The quantitative estimate of drug-likeness (QED) is 0.817. The van der Waals surface area contributed by atoms with Gasteiger partial charge in [-0.15, -0.1) is 0 Å². The molecule has 0 atom stereocenters. The lowest BCUT2D eigenvalue weighted by molar-refractivity contribution is 0.0968. The second kappa shape index (κ2) is 4.96. The summed E-state index contributed by atoms with van der Waals surface area (Å²) in [6.45, 7) is 7.29. The van der Waals surface area contributed by atoms with Gasteiger partial charge in [0.2, 0.25) is 0 Å². The van der Waals surface area contributed by atoms with Crippen molar-refractivity contribution in [2.75, 3.05) is 0 Å². The minimum Gasteiger partial charge on any atom is -0.326 e. The zero-order chi connectivity index (χ0) is 13.2. The fourth-order valence-corrected chi connectivity index (χ4v) is 1.83. The van der Waals surface area contributed by atoms with Crippen molar-refractivity contribution in [2.45, 2.75) is 46.1 Å². The number of hydrogen-bond donors (Lipinski definition) is 1. The maximum Gasteiger partial charge on any atom is 0.166 e. The molecule has 0 fully saturated rings. The normalized spacial score (nSPS) is 11.6. The number of benzene rings is 1. The van der Waals surface area contributed by atoms with Crippen molar-refractivity contribution < 1.29 is 9.18 Å². The Bertz CT molecular complexity index is 409. The van der Waals surface area contributed by atoms with Crippen molar-refractivity contribution in [1.82, 2.24) is 0 Å². The van der Waals surface area contributed by atoms with Crippen LogP contribution in [0, 0.1) is 19.7 Å². The van der Waals surface area contributed by atoms with Crippen LogP contribution in [0.3, 0.4) is 0 Å². The highest BCUT2D eigenvalue weighted by Crippen LogP contribution is 2.19. The van der Waals surface area contributed by atoms with Crippen molar-refractivity contribution in [3.8, 4) is 0 Å². The van der Waals surface area contributed by atoms with Gasteiger partial charge in [0.05, 0.1) is 5.56 Å². The molecular weight excluding hydrogens is 217 g/mol. The van der Waals surface area contributed by atoms with Crippen molar-refractivity contribution in [3.63, 3.8) is 0 Å². The molecule has 1 rings (SSSR count). The highest BCUT2D eigenvalue weighted by atomic mass is 19.1. The maximum absolute atomic E-state index is 13.7. The Morgan fingerprint density at radius 3 is 2.41 bits per heavy atom. The topological polar surface area (TPSA) is 43.1 Å². The van der Waals surface area contributed by atoms with E-state index in [-0.39, 0.29) is 17.8 Å². The molecule has 0 radical (unpaired) electrons. The molecule has 0 bridgehead atoms. The predicted octanol–water partition coefficient (Wildman–Crippen LogP) is 3.14. The van der Waals surface area contributed by atoms with Crippen molar-refractivity contribution in [1.29, 1.82) is 0 Å². The smallest absolute Gasteiger partial charge is 0.166 e. The van der Waals surface area contributed by atoms with Crippen molar-refractivity contribution in [2.24, 2.45) is 5.73 Å². The van der Waals surface area contributed by atoms with E-state index in [0.717, 1.165) is 5.56 Å². The lowest BCUT2D eigenvalue weighted by Gasteiger charge is -2.18. The molecule has 0 heterocycles. The van der Waals surface area contributed by atoms with E-state index in [2.05, 4.69) is 0 Å². The minimum absolute atomic E-state index is 0.168. The first kappa shape index (κ1) is 13.8. The second-order valence-corrected chi connectivity index (χ2v) is 5.35. The van der Waals surface area contributed by atoms with Crippen LogP contribution in [0.4, 0.5) is 4.39 Å². The van der Waals surface area contributed by atoms with E-state index in [1.165, 1.54) is 6.07 Å². The standard InChI is InChI=1S/C14H20FNO/c1-9-7-10(2)13(11(15)8-9)12(17)5-6-14(3,4)16/h7-8H,5-6,16H2,1-4H3. The molecule has 94 valence electrons. The van der Waals surface area contributed by atoms with Crippen LogP contribution in [0.2, 0.25) is 0 Å². The summed E-state index contributed by atoms with van der Waals surface area (Å²) in [5.41, 5.74) is 7.15. The Kier molecular flexibility index (Phi) is 4.04. The third-order valence-electron chi connectivity index (χ3n) is 2.71. The summed E-state index contributed by atoms with van der Waals surface area (Å²) < 4.78 is 13.7. The van der Waals surface area contributed by atoms with Gasteiger partial charge in [0.25, 0.3) is 0 Å². The molecule has 0 unspecified atom stereocenters. The van der Waals surface area contributed by atoms with E-state index >= 15 is 0 Å². The molecule has 2 N–H and O–H groups in total. The van der Waals surface area contributed by atoms with E-state index in [1.807, 2.05) is 26.8 Å². The maximum atomic E-state index is 13.7. The molecule has 0 saturated carbocycles. The summed E-state index contributed by atoms with van der Waals surface area (Å²) in [6, 6.07) is 3.22. The SMILES string of the molecule is Cc1cc(C)c(C(=O)CCC(C)(C)N)c(F)c1. The van der Waals surface area contributed by atoms with Crippen molar-refractivity contribution in [3.05, 3.63) is 34.6 Å². The highest BCUT2D eigenvalue weighted by molar-refractivity contribution is 5.97. The summed E-state index contributed by atoms with van der Waals surface area (Å²) in [6.07, 6.45) is 0.836. The van der Waals surface area contributed by atoms with E-state index in [4.69, 9.17) is 5.73 Å². The zero-order valence-electron chi connectivity index (χ0n) is 10.9. The molecule has 3 heteroatoms. The molecule has 0 saturated heterocycles. The zero-order valence-corrected chi connectivity index (χ0v) is 10.9. The summed E-state index contributed by atoms with van der Waals surface area (Å²) >= 11 is 0. The average molecular weight is 237 g/mol. The summed E-state index contributed by atoms with van der Waals surface area (Å²) in [4.78, 5) is 11.9. The van der Waals surface area contributed by atoms with Gasteiger partial charge < -0.3 is 5.73 Å². The minimum atomic E-state index is -0.428. The van der Waals surface area contributed by atoms with Gasteiger partial charge in [0, 0.05) is 12.0 Å². The van der Waals surface area contributed by atoms with Crippen LogP contribution in [0.1, 0.15) is 48.2 Å². The van der Waals surface area contributed by atoms with Crippen LogP contribution in [0.5, 0.6) is 0 Å². The van der Waals surface area contributed by atoms with E-state index in [9.17, 15) is 9.18 Å². The largest absolute Gasteiger partial charge is 0.326 e. The van der Waals surface area contributed by atoms with Crippen LogP contribution < -0.4 is 5.73 Å². The molecule has 0 aliphatic carbocycles. The number of rotatable bonds is 4. The van der Waals surface area contributed by atoms with Crippen LogP contribution in [-0.2, 0) is 0 Å². The molecule has 0 amide bonds. The first-order valence-corrected chi connectivity index (χ1v) is 5.79. The van der Waals surface area contributed by atoms with Gasteiger partial charge in [-0.25, -0.2) is 4.39 Å². The first-order chi connectivity index (χ1) is 7.70. The van der Waals surface area contributed by atoms with Gasteiger partial charge in [-0.3, -0.25) is 4.79 Å². The van der Waals surface area contributed by atoms with E-state index < -0.39 is 11.4 Å². The van der Waals surface area contributed by atoms with Gasteiger partial charge in [-0.05, 0) is 51.3 Å². The second-order valence-electron chi connectivity index (χ2n) is 5.35. The average Bonchev–Trinajstić information content (AvgIpc) is 2.11. The van der Waals surface area contributed by atoms with Crippen LogP contribution in [0.25, 0.3) is 0 Å². The Labute approximate surface area is 102 Å². The fraction of sp³-hybridized carbons (Fsp3) is 0.500. The predicted molar refractivity (Wildman–Crippen MR) is 67.7 cm³/mol. The number of ketones is 1. The number of nitrogens with two attached hydrogens (primary N) is 1. The van der Waals surface area contributed by atoms with Gasteiger partial charge >= 0.3 is 0 Å². The van der Waals surface area contributed by atoms with Gasteiger partial charge in [-0.2, -0.15) is 0 Å². The highest BCUT2D eigenvalue weighted by Gasteiger charge is 2.18. The Balaban J connectivity index is 2.90. The molecule has 0 aliphatic rings. The number of aryl methyl sites for hydroxylation is 2. The summed E-state index contributed by atoms with van der Waals surface area (Å²) in [5, 5.41) is 0. The summed E-state index contributed by atoms with van der Waals surface area (Å²) in [5.74, 6) is -0.596. The lowest BCUT2D eigenvalue weighted by atomic mass is 9.93. The number of carbonyl (C=O) groups is 1. The molecular formula is C14H20FNO. The molecule has 0 spiro atoms. The monoisotopic (exact) mass is 237 g/mol. The van der Waals surface area contributed by atoms with E-state index in [0.29, 0.717) is 12.0 Å². The van der Waals surface area contributed by atoms with Crippen LogP contribution in [0.15, 0.2) is 12.1 Å².